The van der Waals surface area contributed by atoms with Gasteiger partial charge in [0.25, 0.3) is 5.91 Å². The Hall–Kier alpha value is -3.11. The molecular weight excluding hydrogens is 426 g/mol. The van der Waals surface area contributed by atoms with Gasteiger partial charge in [0.05, 0.1) is 33.6 Å². The van der Waals surface area contributed by atoms with Crippen molar-refractivity contribution in [1.29, 1.82) is 0 Å². The number of nitrogens with two attached hydrogens (primary N) is 2. The number of pyridine rings is 1. The minimum Gasteiger partial charge on any atom is -0.399 e. The predicted molar refractivity (Wildman–Crippen MR) is 103 cm³/mol. The lowest BCUT2D eigenvalue weighted by Crippen LogP contribution is -2.44. The highest BCUT2D eigenvalue weighted by Gasteiger charge is 2.36. The quantitative estimate of drug-likeness (QED) is 0.327. The first-order valence-electron chi connectivity index (χ1n) is 8.56. The molecule has 0 spiro atoms. The molecule has 30 heavy (non-hydrogen) atoms. The number of allylic oxidation sites excluding steroid dienone is 1. The van der Waals surface area contributed by atoms with Crippen LogP contribution in [-0.2, 0) is 6.18 Å². The van der Waals surface area contributed by atoms with Gasteiger partial charge in [0, 0.05) is 6.20 Å². The van der Waals surface area contributed by atoms with Crippen molar-refractivity contribution in [2.24, 2.45) is 11.6 Å². The van der Waals surface area contributed by atoms with Gasteiger partial charge >= 0.3 is 6.18 Å². The number of aromatic nitrogens is 1. The van der Waals surface area contributed by atoms with E-state index in [-0.39, 0.29) is 22.8 Å². The predicted octanol–water partition coefficient (Wildman–Crippen LogP) is 3.80. The van der Waals surface area contributed by atoms with Gasteiger partial charge in [0.1, 0.15) is 0 Å². The number of nitrogens with zero attached hydrogens (tertiary/aromatic N) is 3. The van der Waals surface area contributed by atoms with Crippen molar-refractivity contribution in [3.8, 4) is 0 Å². The van der Waals surface area contributed by atoms with Gasteiger partial charge < -0.3 is 10.6 Å². The van der Waals surface area contributed by atoms with Crippen LogP contribution in [0.2, 0.25) is 5.02 Å². The summed E-state index contributed by atoms with van der Waals surface area (Å²) >= 11 is 5.86. The van der Waals surface area contributed by atoms with Crippen LogP contribution in [0.25, 0.3) is 0 Å². The second-order valence-corrected chi connectivity index (χ2v) is 6.78. The topological polar surface area (TPSA) is 88.5 Å². The Morgan fingerprint density at radius 1 is 1.23 bits per heavy atom. The summed E-state index contributed by atoms with van der Waals surface area (Å²) in [6.07, 6.45) is -2.02. The first-order valence-corrected chi connectivity index (χ1v) is 8.93. The van der Waals surface area contributed by atoms with Gasteiger partial charge in [-0.05, 0) is 37.3 Å². The summed E-state index contributed by atoms with van der Waals surface area (Å²) in [4.78, 5) is 17.7. The lowest BCUT2D eigenvalue weighted by atomic mass is 10.0. The lowest BCUT2D eigenvalue weighted by molar-refractivity contribution is -0.137. The molecule has 1 unspecified atom stereocenters. The van der Waals surface area contributed by atoms with Crippen LogP contribution in [0.5, 0.6) is 0 Å². The van der Waals surface area contributed by atoms with Crippen molar-refractivity contribution in [3.05, 3.63) is 82.2 Å². The molecule has 1 atom stereocenters. The number of carbonyl (C=O) groups is 1. The summed E-state index contributed by atoms with van der Waals surface area (Å²) < 4.78 is 52.7. The average molecular weight is 442 g/mol. The summed E-state index contributed by atoms with van der Waals surface area (Å²) in [5.41, 5.74) is 5.06. The van der Waals surface area contributed by atoms with Crippen molar-refractivity contribution in [3.63, 3.8) is 0 Å². The van der Waals surface area contributed by atoms with Gasteiger partial charge in [0.2, 0.25) is 5.95 Å². The molecule has 0 bridgehead atoms. The van der Waals surface area contributed by atoms with Crippen LogP contribution in [-0.4, -0.2) is 21.8 Å². The van der Waals surface area contributed by atoms with Crippen molar-refractivity contribution in [2.75, 3.05) is 5.01 Å². The average Bonchev–Trinajstić information content (AvgIpc) is 2.68. The molecule has 2 heterocycles. The van der Waals surface area contributed by atoms with Crippen LogP contribution in [0.4, 0.5) is 23.4 Å². The van der Waals surface area contributed by atoms with E-state index in [0.29, 0.717) is 0 Å². The van der Waals surface area contributed by atoms with Gasteiger partial charge in [0.15, 0.2) is 5.82 Å². The molecule has 1 amide bonds. The van der Waals surface area contributed by atoms with Crippen LogP contribution >= 0.6 is 11.6 Å². The molecule has 4 N–H and O–H groups in total. The number of alkyl halides is 3. The van der Waals surface area contributed by atoms with Crippen LogP contribution in [0.15, 0.2) is 60.1 Å². The van der Waals surface area contributed by atoms with E-state index in [1.807, 2.05) is 0 Å². The monoisotopic (exact) mass is 441 g/mol. The van der Waals surface area contributed by atoms with Crippen molar-refractivity contribution < 1.29 is 22.4 Å². The van der Waals surface area contributed by atoms with E-state index in [2.05, 4.69) is 4.98 Å². The Kier molecular flexibility index (Phi) is 5.73. The fraction of sp³-hybridized carbons (Fsp3) is 0.158. The van der Waals surface area contributed by atoms with Gasteiger partial charge in [-0.3, -0.25) is 9.80 Å². The van der Waals surface area contributed by atoms with Crippen LogP contribution in [0.3, 0.4) is 0 Å². The Labute approximate surface area is 174 Å². The third-order valence-electron chi connectivity index (χ3n) is 4.53. The molecule has 158 valence electrons. The fourth-order valence-electron chi connectivity index (χ4n) is 2.91. The number of hydrogen-bond donors (Lipinski definition) is 2. The highest BCUT2D eigenvalue weighted by molar-refractivity contribution is 6.34. The SMILES string of the molecule is CC1C(N)=C(N(N)c2cccc(F)n2)C=CN1C(=O)c1cccc(C(F)(F)F)c1Cl. The lowest BCUT2D eigenvalue weighted by Gasteiger charge is -2.33. The smallest absolute Gasteiger partial charge is 0.399 e. The number of halogens is 5. The van der Waals surface area contributed by atoms with Crippen LogP contribution in [0.1, 0.15) is 22.8 Å². The molecule has 1 aliphatic rings. The van der Waals surface area contributed by atoms with E-state index in [9.17, 15) is 22.4 Å². The highest BCUT2D eigenvalue weighted by Crippen LogP contribution is 2.37. The number of carbonyl (C=O) groups excluding carboxylic acids is 1. The maximum Gasteiger partial charge on any atom is 0.417 e. The highest BCUT2D eigenvalue weighted by atomic mass is 35.5. The zero-order valence-electron chi connectivity index (χ0n) is 15.5. The van der Waals surface area contributed by atoms with E-state index in [4.69, 9.17) is 23.2 Å². The minimum absolute atomic E-state index is 0.0745. The van der Waals surface area contributed by atoms with Crippen LogP contribution < -0.4 is 16.6 Å². The molecule has 0 saturated carbocycles. The third-order valence-corrected chi connectivity index (χ3v) is 4.94. The van der Waals surface area contributed by atoms with Gasteiger partial charge in [-0.15, -0.1) is 0 Å². The van der Waals surface area contributed by atoms with Crippen molar-refractivity contribution >= 4 is 23.3 Å². The summed E-state index contributed by atoms with van der Waals surface area (Å²) in [7, 11) is 0. The van der Waals surface area contributed by atoms with Crippen molar-refractivity contribution in [1.82, 2.24) is 9.88 Å². The zero-order valence-corrected chi connectivity index (χ0v) is 16.2. The molecule has 1 aromatic heterocycles. The van der Waals surface area contributed by atoms with Gasteiger partial charge in [-0.25, -0.2) is 10.8 Å². The van der Waals surface area contributed by atoms with E-state index in [0.717, 1.165) is 28.1 Å². The zero-order chi connectivity index (χ0) is 22.2. The number of benzene rings is 1. The molecule has 0 fully saturated rings. The second-order valence-electron chi connectivity index (χ2n) is 6.40. The molecular formula is C19H16ClF4N5O. The molecule has 0 aliphatic carbocycles. The molecule has 0 radical (unpaired) electrons. The fourth-order valence-corrected chi connectivity index (χ4v) is 3.23. The van der Waals surface area contributed by atoms with Gasteiger partial charge in [-0.1, -0.05) is 23.7 Å². The summed E-state index contributed by atoms with van der Waals surface area (Å²) in [6, 6.07) is 6.33. The second kappa shape index (κ2) is 7.96. The number of anilines is 1. The first kappa shape index (κ1) is 21.6. The standard InChI is InChI=1S/C19H16ClF4N5O/c1-10-17(25)13(29(26)15-7-3-6-14(21)27-15)8-9-28(10)18(30)11-4-2-5-12(16(11)20)19(22,23)24/h2-10H,25-26H2,1H3. The van der Waals surface area contributed by atoms with E-state index < -0.39 is 34.7 Å². The largest absolute Gasteiger partial charge is 0.417 e. The van der Waals surface area contributed by atoms with Crippen LogP contribution in [0, 0.1) is 5.95 Å². The Morgan fingerprint density at radius 3 is 2.53 bits per heavy atom. The first-order chi connectivity index (χ1) is 14.0. The molecule has 3 rings (SSSR count). The van der Waals surface area contributed by atoms with E-state index in [1.165, 1.54) is 30.5 Å². The Balaban J connectivity index is 1.91. The third kappa shape index (κ3) is 3.96. The van der Waals surface area contributed by atoms with Gasteiger partial charge in [-0.2, -0.15) is 17.6 Å². The summed E-state index contributed by atoms with van der Waals surface area (Å²) in [5.74, 6) is 4.54. The molecule has 0 saturated heterocycles. The molecule has 2 aromatic rings. The van der Waals surface area contributed by atoms with E-state index >= 15 is 0 Å². The molecule has 11 heteroatoms. The number of hydrazine groups is 1. The molecule has 1 aliphatic heterocycles. The maximum absolute atomic E-state index is 13.4. The number of hydrogen-bond acceptors (Lipinski definition) is 5. The normalized spacial score (nSPS) is 16.8. The van der Waals surface area contributed by atoms with E-state index in [1.54, 1.807) is 6.92 Å². The Bertz CT molecular complexity index is 1050. The molecule has 6 nitrogen and oxygen atoms in total. The Morgan fingerprint density at radius 2 is 1.90 bits per heavy atom. The summed E-state index contributed by atoms with van der Waals surface area (Å²) in [6.45, 7) is 1.56. The van der Waals surface area contributed by atoms with Crippen molar-refractivity contribution in [2.45, 2.75) is 19.1 Å². The minimum atomic E-state index is -4.71. The summed E-state index contributed by atoms with van der Waals surface area (Å²) in [5, 5.41) is 0.346. The molecule has 1 aromatic carbocycles. The number of amides is 1. The maximum atomic E-state index is 13.4. The number of rotatable bonds is 3.